The largest absolute Gasteiger partial charge is 0.363 e. The van der Waals surface area contributed by atoms with E-state index in [9.17, 15) is 0 Å². The van der Waals surface area contributed by atoms with Gasteiger partial charge in [-0.05, 0) is 40.4 Å². The van der Waals surface area contributed by atoms with Crippen molar-refractivity contribution in [3.63, 3.8) is 0 Å². The molecule has 0 saturated carbocycles. The number of halogens is 1. The van der Waals surface area contributed by atoms with Crippen LogP contribution in [0.2, 0.25) is 0 Å². The van der Waals surface area contributed by atoms with Gasteiger partial charge in [-0.1, -0.05) is 30.3 Å². The quantitative estimate of drug-likeness (QED) is 0.827. The summed E-state index contributed by atoms with van der Waals surface area (Å²) in [5.41, 5.74) is 2.65. The first-order valence-corrected chi connectivity index (χ1v) is 7.06. The monoisotopic (exact) mass is 302 g/mol. The smallest absolute Gasteiger partial charge is 0.0592 e. The molecule has 1 aliphatic rings. The Balaban J connectivity index is 1.95. The number of pyridine rings is 1. The molecule has 0 radical (unpaired) electrons. The van der Waals surface area contributed by atoms with Crippen LogP contribution in [0, 0.1) is 0 Å². The van der Waals surface area contributed by atoms with Gasteiger partial charge in [0.25, 0.3) is 0 Å². The van der Waals surface area contributed by atoms with Gasteiger partial charge in [0, 0.05) is 18.9 Å². The van der Waals surface area contributed by atoms with Crippen molar-refractivity contribution in [2.75, 3.05) is 11.4 Å². The summed E-state index contributed by atoms with van der Waals surface area (Å²) in [6, 6.07) is 13.3. The van der Waals surface area contributed by atoms with Crippen LogP contribution < -0.4 is 4.90 Å². The molecular weight excluding hydrogens is 288 g/mol. The molecule has 1 atom stereocenters. The van der Waals surface area contributed by atoms with Crippen LogP contribution in [0.25, 0.3) is 0 Å². The first-order valence-electron chi connectivity index (χ1n) is 6.27. The standard InChI is InChI=1S/C15H15BrN2/c16-13-11-17-9-8-15(13)18-10-4-7-14(18)12-5-2-1-3-6-12/h1-3,5-6,8-9,11,14H,4,7,10H2. The highest BCUT2D eigenvalue weighted by molar-refractivity contribution is 9.10. The highest BCUT2D eigenvalue weighted by Gasteiger charge is 2.27. The molecule has 0 bridgehead atoms. The molecule has 1 fully saturated rings. The third kappa shape index (κ3) is 2.15. The zero-order chi connectivity index (χ0) is 12.4. The summed E-state index contributed by atoms with van der Waals surface area (Å²) in [7, 11) is 0. The Morgan fingerprint density at radius 2 is 2.00 bits per heavy atom. The highest BCUT2D eigenvalue weighted by Crippen LogP contribution is 2.38. The molecule has 1 unspecified atom stereocenters. The Hall–Kier alpha value is -1.35. The highest BCUT2D eigenvalue weighted by atomic mass is 79.9. The summed E-state index contributed by atoms with van der Waals surface area (Å²) >= 11 is 3.60. The Bertz CT molecular complexity index is 527. The van der Waals surface area contributed by atoms with E-state index < -0.39 is 0 Å². The molecule has 92 valence electrons. The van der Waals surface area contributed by atoms with E-state index in [-0.39, 0.29) is 0 Å². The van der Waals surface area contributed by atoms with Gasteiger partial charge in [0.15, 0.2) is 0 Å². The van der Waals surface area contributed by atoms with Crippen molar-refractivity contribution in [2.45, 2.75) is 18.9 Å². The van der Waals surface area contributed by atoms with Gasteiger partial charge in [0.1, 0.15) is 0 Å². The number of hydrogen-bond acceptors (Lipinski definition) is 2. The summed E-state index contributed by atoms with van der Waals surface area (Å²) in [6.45, 7) is 1.11. The van der Waals surface area contributed by atoms with Gasteiger partial charge in [-0.15, -0.1) is 0 Å². The molecule has 3 rings (SSSR count). The lowest BCUT2D eigenvalue weighted by atomic mass is 10.0. The van der Waals surface area contributed by atoms with E-state index in [1.165, 1.54) is 24.1 Å². The van der Waals surface area contributed by atoms with Crippen molar-refractivity contribution in [2.24, 2.45) is 0 Å². The molecule has 1 aromatic heterocycles. The van der Waals surface area contributed by atoms with Gasteiger partial charge < -0.3 is 4.90 Å². The van der Waals surface area contributed by atoms with Gasteiger partial charge in [-0.25, -0.2) is 0 Å². The fourth-order valence-corrected chi connectivity index (χ4v) is 3.16. The first kappa shape index (κ1) is 11.7. The minimum atomic E-state index is 0.491. The third-order valence-corrected chi connectivity index (χ3v) is 4.11. The summed E-state index contributed by atoms with van der Waals surface area (Å²) in [6.07, 6.45) is 6.20. The van der Waals surface area contributed by atoms with Crippen LogP contribution in [0.15, 0.2) is 53.3 Å². The van der Waals surface area contributed by atoms with Crippen molar-refractivity contribution in [3.8, 4) is 0 Å². The molecule has 0 spiro atoms. The summed E-state index contributed by atoms with van der Waals surface area (Å²) in [4.78, 5) is 6.61. The molecule has 1 aliphatic heterocycles. The maximum Gasteiger partial charge on any atom is 0.0592 e. The van der Waals surface area contributed by atoms with Gasteiger partial charge in [0.05, 0.1) is 16.2 Å². The number of anilines is 1. The number of benzene rings is 1. The molecular formula is C15H15BrN2. The van der Waals surface area contributed by atoms with Crippen molar-refractivity contribution in [3.05, 3.63) is 58.8 Å². The fraction of sp³-hybridized carbons (Fsp3) is 0.267. The molecule has 0 N–H and O–H groups in total. The van der Waals surface area contributed by atoms with Crippen LogP contribution >= 0.6 is 15.9 Å². The average Bonchev–Trinajstić information content (AvgIpc) is 2.89. The van der Waals surface area contributed by atoms with Crippen molar-refractivity contribution in [1.29, 1.82) is 0 Å². The third-order valence-electron chi connectivity index (χ3n) is 3.50. The van der Waals surface area contributed by atoms with E-state index in [0.717, 1.165) is 11.0 Å². The Morgan fingerprint density at radius 1 is 1.17 bits per heavy atom. The van der Waals surface area contributed by atoms with E-state index >= 15 is 0 Å². The lowest BCUT2D eigenvalue weighted by Crippen LogP contribution is -2.22. The fourth-order valence-electron chi connectivity index (χ4n) is 2.68. The zero-order valence-corrected chi connectivity index (χ0v) is 11.7. The van der Waals surface area contributed by atoms with E-state index in [4.69, 9.17) is 0 Å². The summed E-state index contributed by atoms with van der Waals surface area (Å²) in [5, 5.41) is 0. The van der Waals surface area contributed by atoms with Crippen LogP contribution in [-0.4, -0.2) is 11.5 Å². The van der Waals surface area contributed by atoms with Crippen LogP contribution in [0.1, 0.15) is 24.4 Å². The second-order valence-corrected chi connectivity index (χ2v) is 5.44. The molecule has 1 aromatic carbocycles. The Morgan fingerprint density at radius 3 is 2.78 bits per heavy atom. The summed E-state index contributed by atoms with van der Waals surface area (Å²) < 4.78 is 1.08. The van der Waals surface area contributed by atoms with E-state index in [0.29, 0.717) is 6.04 Å². The van der Waals surface area contributed by atoms with Crippen LogP contribution in [-0.2, 0) is 0 Å². The molecule has 2 heterocycles. The minimum Gasteiger partial charge on any atom is -0.363 e. The van der Waals surface area contributed by atoms with Gasteiger partial charge in [-0.3, -0.25) is 4.98 Å². The molecule has 0 aliphatic carbocycles. The van der Waals surface area contributed by atoms with Crippen LogP contribution in [0.5, 0.6) is 0 Å². The van der Waals surface area contributed by atoms with Gasteiger partial charge in [0.2, 0.25) is 0 Å². The Labute approximate surface area is 116 Å². The topological polar surface area (TPSA) is 16.1 Å². The lowest BCUT2D eigenvalue weighted by Gasteiger charge is -2.28. The second kappa shape index (κ2) is 5.11. The minimum absolute atomic E-state index is 0.491. The maximum atomic E-state index is 4.14. The molecule has 18 heavy (non-hydrogen) atoms. The molecule has 3 heteroatoms. The number of aromatic nitrogens is 1. The van der Waals surface area contributed by atoms with Crippen molar-refractivity contribution >= 4 is 21.6 Å². The number of hydrogen-bond donors (Lipinski definition) is 0. The molecule has 0 amide bonds. The predicted octanol–water partition coefficient (Wildman–Crippen LogP) is 4.19. The van der Waals surface area contributed by atoms with E-state index in [1.807, 2.05) is 12.4 Å². The molecule has 2 nitrogen and oxygen atoms in total. The zero-order valence-electron chi connectivity index (χ0n) is 10.1. The second-order valence-electron chi connectivity index (χ2n) is 4.59. The van der Waals surface area contributed by atoms with E-state index in [2.05, 4.69) is 62.2 Å². The Kier molecular flexibility index (Phi) is 3.33. The van der Waals surface area contributed by atoms with Gasteiger partial charge in [-0.2, -0.15) is 0 Å². The lowest BCUT2D eigenvalue weighted by molar-refractivity contribution is 0.718. The van der Waals surface area contributed by atoms with Crippen LogP contribution in [0.4, 0.5) is 5.69 Å². The van der Waals surface area contributed by atoms with Gasteiger partial charge >= 0.3 is 0 Å². The van der Waals surface area contributed by atoms with E-state index in [1.54, 1.807) is 0 Å². The van der Waals surface area contributed by atoms with Crippen molar-refractivity contribution < 1.29 is 0 Å². The van der Waals surface area contributed by atoms with Crippen molar-refractivity contribution in [1.82, 2.24) is 4.98 Å². The SMILES string of the molecule is Brc1cnccc1N1CCCC1c1ccccc1. The first-order chi connectivity index (χ1) is 8.86. The average molecular weight is 303 g/mol. The number of rotatable bonds is 2. The normalized spacial score (nSPS) is 19.2. The predicted molar refractivity (Wildman–Crippen MR) is 77.7 cm³/mol. The number of nitrogens with zero attached hydrogens (tertiary/aromatic N) is 2. The maximum absolute atomic E-state index is 4.14. The summed E-state index contributed by atoms with van der Waals surface area (Å²) in [5.74, 6) is 0. The molecule has 2 aromatic rings. The van der Waals surface area contributed by atoms with Crippen LogP contribution in [0.3, 0.4) is 0 Å². The molecule has 1 saturated heterocycles.